The minimum atomic E-state index is 0.0545. The van der Waals surface area contributed by atoms with Gasteiger partial charge in [0.25, 0.3) is 0 Å². The number of benzene rings is 2. The maximum atomic E-state index is 12.2. The Kier molecular flexibility index (Phi) is 6.67. The average Bonchev–Trinajstić information content (AvgIpc) is 2.66. The molecule has 2 rings (SSSR count). The number of anilines is 1. The van der Waals surface area contributed by atoms with Gasteiger partial charge in [0.2, 0.25) is 5.91 Å². The summed E-state index contributed by atoms with van der Waals surface area (Å²) >= 11 is 0. The van der Waals surface area contributed by atoms with Gasteiger partial charge >= 0.3 is 0 Å². The van der Waals surface area contributed by atoms with Gasteiger partial charge in [-0.15, -0.1) is 0 Å². The number of carbonyl (C=O) groups excluding carboxylic acids is 1. The Bertz CT molecular complexity index is 783. The number of hydrogen-bond donors (Lipinski definition) is 0. The first kappa shape index (κ1) is 19.8. The molecule has 0 saturated heterocycles. The lowest BCUT2D eigenvalue weighted by atomic mass is 10.0. The van der Waals surface area contributed by atoms with E-state index in [1.807, 2.05) is 25.1 Å². The SMILES string of the molecule is CCC(=O)N(C)c1cccc(OC)c1COc1cc(C)c(CC)cc1C. The van der Waals surface area contributed by atoms with Crippen molar-refractivity contribution in [2.45, 2.75) is 47.1 Å². The molecule has 0 N–H and O–H groups in total. The first-order chi connectivity index (χ1) is 12.4. The number of methoxy groups -OCH3 is 1. The van der Waals surface area contributed by atoms with Crippen LogP contribution in [-0.4, -0.2) is 20.1 Å². The summed E-state index contributed by atoms with van der Waals surface area (Å²) in [5.41, 5.74) is 5.36. The van der Waals surface area contributed by atoms with Crippen LogP contribution < -0.4 is 14.4 Å². The second-order valence-corrected chi connectivity index (χ2v) is 6.45. The van der Waals surface area contributed by atoms with E-state index in [-0.39, 0.29) is 5.91 Å². The molecule has 0 radical (unpaired) electrons. The molecule has 26 heavy (non-hydrogen) atoms. The van der Waals surface area contributed by atoms with E-state index in [9.17, 15) is 4.79 Å². The van der Waals surface area contributed by atoms with E-state index in [4.69, 9.17) is 9.47 Å². The summed E-state index contributed by atoms with van der Waals surface area (Å²) < 4.78 is 11.6. The highest BCUT2D eigenvalue weighted by Crippen LogP contribution is 2.32. The molecule has 0 saturated carbocycles. The van der Waals surface area contributed by atoms with Crippen LogP contribution in [0.3, 0.4) is 0 Å². The molecule has 140 valence electrons. The molecule has 0 aromatic heterocycles. The molecule has 0 atom stereocenters. The fraction of sp³-hybridized carbons (Fsp3) is 0.409. The molecule has 0 heterocycles. The van der Waals surface area contributed by atoms with Crippen LogP contribution >= 0.6 is 0 Å². The van der Waals surface area contributed by atoms with Crippen LogP contribution in [0.1, 0.15) is 42.5 Å². The Morgan fingerprint density at radius 3 is 2.42 bits per heavy atom. The van der Waals surface area contributed by atoms with E-state index in [1.165, 1.54) is 11.1 Å². The van der Waals surface area contributed by atoms with Gasteiger partial charge in [0.1, 0.15) is 18.1 Å². The van der Waals surface area contributed by atoms with Crippen molar-refractivity contribution in [2.24, 2.45) is 0 Å². The van der Waals surface area contributed by atoms with Gasteiger partial charge < -0.3 is 14.4 Å². The minimum Gasteiger partial charge on any atom is -0.496 e. The third-order valence-electron chi connectivity index (χ3n) is 4.75. The highest BCUT2D eigenvalue weighted by Gasteiger charge is 2.17. The van der Waals surface area contributed by atoms with Crippen LogP contribution in [0.25, 0.3) is 0 Å². The fourth-order valence-corrected chi connectivity index (χ4v) is 3.11. The van der Waals surface area contributed by atoms with E-state index >= 15 is 0 Å². The van der Waals surface area contributed by atoms with E-state index in [0.29, 0.717) is 13.0 Å². The van der Waals surface area contributed by atoms with Crippen LogP contribution in [0.4, 0.5) is 5.69 Å². The summed E-state index contributed by atoms with van der Waals surface area (Å²) in [4.78, 5) is 13.8. The first-order valence-electron chi connectivity index (χ1n) is 9.08. The molecule has 0 unspecified atom stereocenters. The van der Waals surface area contributed by atoms with Crippen molar-refractivity contribution in [3.8, 4) is 11.5 Å². The number of carbonyl (C=O) groups is 1. The standard InChI is InChI=1S/C22H29NO3/c1-7-17-12-16(4)21(13-15(17)3)26-14-18-19(23(5)22(24)8-2)10-9-11-20(18)25-6/h9-13H,7-8,14H2,1-6H3. The lowest BCUT2D eigenvalue weighted by molar-refractivity contribution is -0.118. The number of aryl methyl sites for hydroxylation is 3. The first-order valence-corrected chi connectivity index (χ1v) is 9.08. The lowest BCUT2D eigenvalue weighted by Gasteiger charge is -2.22. The number of rotatable bonds is 7. The van der Waals surface area contributed by atoms with Crippen molar-refractivity contribution in [1.29, 1.82) is 0 Å². The maximum Gasteiger partial charge on any atom is 0.226 e. The van der Waals surface area contributed by atoms with Crippen molar-refractivity contribution in [3.05, 3.63) is 52.6 Å². The molecule has 2 aromatic rings. The summed E-state index contributed by atoms with van der Waals surface area (Å²) in [7, 11) is 3.42. The summed E-state index contributed by atoms with van der Waals surface area (Å²) in [5.74, 6) is 1.64. The van der Waals surface area contributed by atoms with Crippen molar-refractivity contribution in [2.75, 3.05) is 19.1 Å². The number of ether oxygens (including phenoxy) is 2. The summed E-state index contributed by atoms with van der Waals surface area (Å²) in [6.45, 7) is 8.52. The quantitative estimate of drug-likeness (QED) is 0.714. The fourth-order valence-electron chi connectivity index (χ4n) is 3.11. The smallest absolute Gasteiger partial charge is 0.226 e. The Morgan fingerprint density at radius 1 is 1.08 bits per heavy atom. The summed E-state index contributed by atoms with van der Waals surface area (Å²) in [6, 6.07) is 9.98. The highest BCUT2D eigenvalue weighted by molar-refractivity contribution is 5.93. The topological polar surface area (TPSA) is 38.8 Å². The Balaban J connectivity index is 2.34. The molecular formula is C22H29NO3. The van der Waals surface area contributed by atoms with Gasteiger partial charge in [0.15, 0.2) is 0 Å². The average molecular weight is 355 g/mol. The number of hydrogen-bond acceptors (Lipinski definition) is 3. The van der Waals surface area contributed by atoms with E-state index in [1.54, 1.807) is 19.1 Å². The molecule has 4 heteroatoms. The molecule has 1 amide bonds. The van der Waals surface area contributed by atoms with Crippen LogP contribution in [0.5, 0.6) is 11.5 Å². The third-order valence-corrected chi connectivity index (χ3v) is 4.75. The van der Waals surface area contributed by atoms with Crippen molar-refractivity contribution in [1.82, 2.24) is 0 Å². The molecule has 4 nitrogen and oxygen atoms in total. The predicted molar refractivity (Wildman–Crippen MR) is 106 cm³/mol. The van der Waals surface area contributed by atoms with Gasteiger partial charge in [0, 0.05) is 13.5 Å². The van der Waals surface area contributed by atoms with Gasteiger partial charge in [0.05, 0.1) is 18.4 Å². The molecule has 0 aliphatic rings. The number of nitrogens with zero attached hydrogens (tertiary/aromatic N) is 1. The highest BCUT2D eigenvalue weighted by atomic mass is 16.5. The Morgan fingerprint density at radius 2 is 1.81 bits per heavy atom. The molecule has 0 aliphatic carbocycles. The largest absolute Gasteiger partial charge is 0.496 e. The van der Waals surface area contributed by atoms with Crippen LogP contribution in [0.2, 0.25) is 0 Å². The molecular weight excluding hydrogens is 326 g/mol. The van der Waals surface area contributed by atoms with Gasteiger partial charge in [-0.1, -0.05) is 26.0 Å². The third kappa shape index (κ3) is 4.18. The van der Waals surface area contributed by atoms with Crippen molar-refractivity contribution in [3.63, 3.8) is 0 Å². The molecule has 0 spiro atoms. The van der Waals surface area contributed by atoms with Crippen LogP contribution in [0.15, 0.2) is 30.3 Å². The summed E-state index contributed by atoms with van der Waals surface area (Å²) in [6.07, 6.45) is 1.46. The minimum absolute atomic E-state index is 0.0545. The normalized spacial score (nSPS) is 10.5. The van der Waals surface area contributed by atoms with Crippen molar-refractivity contribution >= 4 is 11.6 Å². The summed E-state index contributed by atoms with van der Waals surface area (Å²) in [5, 5.41) is 0. The maximum absolute atomic E-state index is 12.2. The van der Waals surface area contributed by atoms with E-state index < -0.39 is 0 Å². The van der Waals surface area contributed by atoms with Crippen LogP contribution in [-0.2, 0) is 17.8 Å². The van der Waals surface area contributed by atoms with Gasteiger partial charge in [-0.2, -0.15) is 0 Å². The van der Waals surface area contributed by atoms with Gasteiger partial charge in [-0.3, -0.25) is 4.79 Å². The number of amides is 1. The molecule has 0 aliphatic heterocycles. The zero-order chi connectivity index (χ0) is 19.3. The second kappa shape index (κ2) is 8.75. The molecule has 0 bridgehead atoms. The van der Waals surface area contributed by atoms with Gasteiger partial charge in [-0.05, 0) is 55.2 Å². The Hall–Kier alpha value is -2.49. The Labute approximate surface area is 156 Å². The molecule has 0 fully saturated rings. The van der Waals surface area contributed by atoms with E-state index in [2.05, 4.69) is 32.9 Å². The zero-order valence-corrected chi connectivity index (χ0v) is 16.7. The predicted octanol–water partition coefficient (Wildman–Crippen LogP) is 4.83. The van der Waals surface area contributed by atoms with Gasteiger partial charge in [-0.25, -0.2) is 0 Å². The van der Waals surface area contributed by atoms with E-state index in [0.717, 1.165) is 34.7 Å². The van der Waals surface area contributed by atoms with Crippen molar-refractivity contribution < 1.29 is 14.3 Å². The lowest BCUT2D eigenvalue weighted by Crippen LogP contribution is -2.26. The monoisotopic (exact) mass is 355 g/mol. The van der Waals surface area contributed by atoms with Crippen LogP contribution in [0, 0.1) is 13.8 Å². The molecule has 2 aromatic carbocycles. The second-order valence-electron chi connectivity index (χ2n) is 6.45. The zero-order valence-electron chi connectivity index (χ0n) is 16.7.